The highest BCUT2D eigenvalue weighted by atomic mass is 32.1. The minimum absolute atomic E-state index is 0.0641. The van der Waals surface area contributed by atoms with Crippen molar-refractivity contribution >= 4 is 23.1 Å². The van der Waals surface area contributed by atoms with E-state index in [0.717, 1.165) is 0 Å². The van der Waals surface area contributed by atoms with Crippen LogP contribution < -0.4 is 0 Å². The van der Waals surface area contributed by atoms with Gasteiger partial charge in [0.25, 0.3) is 0 Å². The van der Waals surface area contributed by atoms with Crippen molar-refractivity contribution in [2.24, 2.45) is 0 Å². The van der Waals surface area contributed by atoms with E-state index in [4.69, 9.17) is 0 Å². The second-order valence-corrected chi connectivity index (χ2v) is 5.13. The van der Waals surface area contributed by atoms with Gasteiger partial charge < -0.3 is 0 Å². The van der Waals surface area contributed by atoms with Crippen LogP contribution in [0.15, 0.2) is 66.2 Å². The quantitative estimate of drug-likeness (QED) is 0.497. The van der Waals surface area contributed by atoms with Crippen LogP contribution in [0.4, 0.5) is 0 Å². The molecule has 1 aliphatic rings. The first kappa shape index (κ1) is 13.4. The molecular formula is C17H11NO2S. The molecule has 102 valence electrons. The minimum Gasteiger partial charge on any atom is -0.289 e. The molecule has 0 N–H and O–H groups in total. The average Bonchev–Trinajstić information content (AvgIpc) is 3.12. The Morgan fingerprint density at radius 3 is 1.33 bits per heavy atom. The summed E-state index contributed by atoms with van der Waals surface area (Å²) < 4.78 is 3.76. The molecule has 0 spiro atoms. The number of hydrogen-bond acceptors (Lipinski definition) is 4. The monoisotopic (exact) mass is 293 g/mol. The molecular weight excluding hydrogens is 282 g/mol. The van der Waals surface area contributed by atoms with E-state index in [1.807, 2.05) is 11.4 Å². The van der Waals surface area contributed by atoms with Crippen molar-refractivity contribution in [1.29, 1.82) is 0 Å². The van der Waals surface area contributed by atoms with E-state index in [9.17, 15) is 9.59 Å². The summed E-state index contributed by atoms with van der Waals surface area (Å²) in [6, 6.07) is 15.8. The smallest absolute Gasteiger partial charge is 0.194 e. The number of aromatic nitrogens is 1. The van der Waals surface area contributed by atoms with Crippen molar-refractivity contribution < 1.29 is 9.59 Å². The summed E-state index contributed by atoms with van der Waals surface area (Å²) >= 11 is 1.46. The topological polar surface area (TPSA) is 47.0 Å². The van der Waals surface area contributed by atoms with Crippen LogP contribution in [0.5, 0.6) is 0 Å². The van der Waals surface area contributed by atoms with Gasteiger partial charge in [-0.3, -0.25) is 9.59 Å². The SMILES string of the molecule is O=C1c2ccccc2C(=O)c2ccccc21.c1cnsc1. The van der Waals surface area contributed by atoms with Crippen molar-refractivity contribution in [2.75, 3.05) is 0 Å². The number of rotatable bonds is 0. The van der Waals surface area contributed by atoms with Crippen LogP contribution >= 0.6 is 11.5 Å². The number of hydrogen-bond donors (Lipinski definition) is 0. The Labute approximate surface area is 126 Å². The van der Waals surface area contributed by atoms with E-state index in [2.05, 4.69) is 4.37 Å². The second-order valence-electron chi connectivity index (χ2n) is 4.44. The molecule has 4 rings (SSSR count). The van der Waals surface area contributed by atoms with Gasteiger partial charge in [-0.2, -0.15) is 0 Å². The second kappa shape index (κ2) is 5.81. The average molecular weight is 293 g/mol. The maximum atomic E-state index is 12.1. The molecule has 1 heterocycles. The summed E-state index contributed by atoms with van der Waals surface area (Å²) in [6.07, 6.45) is 1.77. The third-order valence-electron chi connectivity index (χ3n) is 3.18. The normalized spacial score (nSPS) is 12.0. The first-order valence-corrected chi connectivity index (χ1v) is 7.24. The third-order valence-corrected chi connectivity index (χ3v) is 3.70. The largest absolute Gasteiger partial charge is 0.289 e. The third kappa shape index (κ3) is 2.53. The van der Waals surface area contributed by atoms with Crippen molar-refractivity contribution in [3.8, 4) is 0 Å². The van der Waals surface area contributed by atoms with Crippen molar-refractivity contribution in [1.82, 2.24) is 4.37 Å². The highest BCUT2D eigenvalue weighted by Crippen LogP contribution is 2.26. The highest BCUT2D eigenvalue weighted by molar-refractivity contribution is 7.03. The summed E-state index contributed by atoms with van der Waals surface area (Å²) in [5.74, 6) is -0.128. The number of ketones is 2. The summed E-state index contributed by atoms with van der Waals surface area (Å²) in [4.78, 5) is 24.2. The lowest BCUT2D eigenvalue weighted by atomic mass is 9.84. The zero-order valence-electron chi connectivity index (χ0n) is 11.0. The molecule has 4 heteroatoms. The van der Waals surface area contributed by atoms with Crippen LogP contribution in [-0.2, 0) is 0 Å². The predicted molar refractivity (Wildman–Crippen MR) is 81.9 cm³/mol. The van der Waals surface area contributed by atoms with E-state index in [1.165, 1.54) is 11.5 Å². The number of nitrogens with zero attached hydrogens (tertiary/aromatic N) is 1. The predicted octanol–water partition coefficient (Wildman–Crippen LogP) is 3.61. The van der Waals surface area contributed by atoms with Crippen LogP contribution in [0.1, 0.15) is 31.8 Å². The molecule has 1 aromatic heterocycles. The molecule has 3 aromatic rings. The zero-order valence-corrected chi connectivity index (χ0v) is 11.8. The Bertz CT molecular complexity index is 671. The van der Waals surface area contributed by atoms with Gasteiger partial charge >= 0.3 is 0 Å². The summed E-state index contributed by atoms with van der Waals surface area (Å²) in [7, 11) is 0. The lowest BCUT2D eigenvalue weighted by Crippen LogP contribution is -2.20. The fraction of sp³-hybridized carbons (Fsp3) is 0. The van der Waals surface area contributed by atoms with Crippen molar-refractivity contribution in [3.05, 3.63) is 88.4 Å². The van der Waals surface area contributed by atoms with Crippen LogP contribution in [0.3, 0.4) is 0 Å². The van der Waals surface area contributed by atoms with E-state index >= 15 is 0 Å². The van der Waals surface area contributed by atoms with Gasteiger partial charge in [0.1, 0.15) is 0 Å². The van der Waals surface area contributed by atoms with Crippen LogP contribution in [0.2, 0.25) is 0 Å². The van der Waals surface area contributed by atoms with Crippen molar-refractivity contribution in [2.45, 2.75) is 0 Å². The molecule has 0 bridgehead atoms. The number of benzene rings is 2. The Morgan fingerprint density at radius 2 is 1.10 bits per heavy atom. The maximum Gasteiger partial charge on any atom is 0.194 e. The van der Waals surface area contributed by atoms with Gasteiger partial charge in [0, 0.05) is 33.8 Å². The maximum absolute atomic E-state index is 12.1. The molecule has 1 aliphatic carbocycles. The molecule has 0 atom stereocenters. The lowest BCUT2D eigenvalue weighted by Gasteiger charge is -2.16. The first-order valence-electron chi connectivity index (χ1n) is 6.41. The molecule has 21 heavy (non-hydrogen) atoms. The van der Waals surface area contributed by atoms with E-state index < -0.39 is 0 Å². The van der Waals surface area contributed by atoms with Crippen LogP contribution in [0, 0.1) is 0 Å². The van der Waals surface area contributed by atoms with Gasteiger partial charge in [0.05, 0.1) is 0 Å². The summed E-state index contributed by atoms with van der Waals surface area (Å²) in [5, 5.41) is 1.93. The van der Waals surface area contributed by atoms with E-state index in [-0.39, 0.29) is 11.6 Å². The summed E-state index contributed by atoms with van der Waals surface area (Å²) in [6.45, 7) is 0. The molecule has 0 saturated carbocycles. The molecule has 0 amide bonds. The number of carbonyl (C=O) groups is 2. The Morgan fingerprint density at radius 1 is 0.667 bits per heavy atom. The van der Waals surface area contributed by atoms with E-state index in [0.29, 0.717) is 22.3 Å². The first-order chi connectivity index (χ1) is 10.3. The van der Waals surface area contributed by atoms with Crippen molar-refractivity contribution in [3.63, 3.8) is 0 Å². The van der Waals surface area contributed by atoms with E-state index in [1.54, 1.807) is 54.7 Å². The van der Waals surface area contributed by atoms with Gasteiger partial charge in [-0.05, 0) is 17.6 Å². The van der Waals surface area contributed by atoms with Gasteiger partial charge in [-0.1, -0.05) is 48.5 Å². The van der Waals surface area contributed by atoms with Gasteiger partial charge in [-0.25, -0.2) is 4.37 Å². The van der Waals surface area contributed by atoms with Crippen LogP contribution in [-0.4, -0.2) is 15.9 Å². The highest BCUT2D eigenvalue weighted by Gasteiger charge is 2.28. The molecule has 0 fully saturated rings. The molecule has 0 radical (unpaired) electrons. The number of carbonyl (C=O) groups excluding carboxylic acids is 2. The Hall–Kier alpha value is -2.59. The molecule has 0 saturated heterocycles. The molecule has 0 aliphatic heterocycles. The number of fused-ring (bicyclic) bond motifs is 2. The van der Waals surface area contributed by atoms with Gasteiger partial charge in [0.15, 0.2) is 11.6 Å². The zero-order chi connectivity index (χ0) is 14.7. The van der Waals surface area contributed by atoms with Crippen LogP contribution in [0.25, 0.3) is 0 Å². The Balaban J connectivity index is 0.000000225. The molecule has 0 unspecified atom stereocenters. The fourth-order valence-corrected chi connectivity index (χ4v) is 2.58. The Kier molecular flexibility index (Phi) is 3.71. The lowest BCUT2D eigenvalue weighted by molar-refractivity contribution is 0.0979. The van der Waals surface area contributed by atoms with Gasteiger partial charge in [-0.15, -0.1) is 0 Å². The fourth-order valence-electron chi connectivity index (χ4n) is 2.22. The summed E-state index contributed by atoms with van der Waals surface area (Å²) in [5.41, 5.74) is 2.02. The standard InChI is InChI=1S/C14H8O2.C3H3NS/c15-13-9-5-1-2-6-10(9)14(16)12-8-4-3-7-11(12)13;1-2-4-5-3-1/h1-8H;1-3H. The molecule has 3 nitrogen and oxygen atoms in total. The minimum atomic E-state index is -0.0641. The van der Waals surface area contributed by atoms with Gasteiger partial charge in [0.2, 0.25) is 0 Å². The molecule has 2 aromatic carbocycles.